The van der Waals surface area contributed by atoms with E-state index in [-0.39, 0.29) is 16.3 Å². The van der Waals surface area contributed by atoms with Gasteiger partial charge in [0.25, 0.3) is 10.0 Å². The summed E-state index contributed by atoms with van der Waals surface area (Å²) in [5.74, 6) is -0.185. The predicted octanol–water partition coefficient (Wildman–Crippen LogP) is 3.29. The minimum atomic E-state index is -3.79. The van der Waals surface area contributed by atoms with Crippen molar-refractivity contribution in [2.45, 2.75) is 4.90 Å². The van der Waals surface area contributed by atoms with Crippen LogP contribution >= 0.6 is 11.6 Å². The lowest BCUT2D eigenvalue weighted by Gasteiger charge is -2.10. The maximum atomic E-state index is 12.8. The fourth-order valence-electron chi connectivity index (χ4n) is 1.54. The third-order valence-corrected chi connectivity index (χ3v) is 4.22. The average Bonchev–Trinajstić information content (AvgIpc) is 2.41. The number of rotatable bonds is 4. The van der Waals surface area contributed by atoms with Crippen LogP contribution in [0.3, 0.4) is 0 Å². The van der Waals surface area contributed by atoms with E-state index < -0.39 is 15.8 Å². The predicted molar refractivity (Wildman–Crippen MR) is 75.2 cm³/mol. The van der Waals surface area contributed by atoms with Crippen molar-refractivity contribution in [1.82, 2.24) is 0 Å². The fourth-order valence-corrected chi connectivity index (χ4v) is 2.81. The normalized spacial score (nSPS) is 11.2. The minimum Gasteiger partial charge on any atom is -0.495 e. The number of halogens is 2. The smallest absolute Gasteiger partial charge is 0.262 e. The molecule has 0 fully saturated rings. The Hall–Kier alpha value is -1.79. The summed E-state index contributed by atoms with van der Waals surface area (Å²) >= 11 is 5.84. The van der Waals surface area contributed by atoms with Gasteiger partial charge in [-0.2, -0.15) is 0 Å². The lowest BCUT2D eigenvalue weighted by atomic mass is 10.3. The molecule has 2 aromatic carbocycles. The number of anilines is 1. The maximum Gasteiger partial charge on any atom is 0.262 e. The number of hydrogen-bond donors (Lipinski definition) is 1. The van der Waals surface area contributed by atoms with Crippen LogP contribution in [-0.2, 0) is 10.0 Å². The van der Waals surface area contributed by atoms with E-state index in [1.54, 1.807) is 0 Å². The summed E-state index contributed by atoms with van der Waals surface area (Å²) < 4.78 is 44.4. The Morgan fingerprint density at radius 2 is 1.80 bits per heavy atom. The largest absolute Gasteiger partial charge is 0.495 e. The van der Waals surface area contributed by atoms with Gasteiger partial charge in [0, 0.05) is 11.8 Å². The Kier molecular flexibility index (Phi) is 4.15. The van der Waals surface area contributed by atoms with Crippen molar-refractivity contribution < 1.29 is 17.5 Å². The van der Waals surface area contributed by atoms with Crippen LogP contribution in [-0.4, -0.2) is 15.5 Å². The zero-order valence-corrected chi connectivity index (χ0v) is 12.0. The molecule has 0 saturated carbocycles. The van der Waals surface area contributed by atoms with Crippen LogP contribution in [0.1, 0.15) is 0 Å². The van der Waals surface area contributed by atoms with Gasteiger partial charge in [-0.3, -0.25) is 4.72 Å². The van der Waals surface area contributed by atoms with Crippen LogP contribution in [0.2, 0.25) is 5.02 Å². The molecular weight excluding hydrogens is 305 g/mol. The van der Waals surface area contributed by atoms with Crippen molar-refractivity contribution in [3.63, 3.8) is 0 Å². The van der Waals surface area contributed by atoms with Crippen molar-refractivity contribution in [1.29, 1.82) is 0 Å². The highest BCUT2D eigenvalue weighted by Crippen LogP contribution is 2.28. The van der Waals surface area contributed by atoms with Gasteiger partial charge in [-0.15, -0.1) is 0 Å². The summed E-state index contributed by atoms with van der Waals surface area (Å²) in [5, 5.41) is 0.313. The molecule has 0 atom stereocenters. The lowest BCUT2D eigenvalue weighted by Crippen LogP contribution is -2.13. The molecule has 0 aliphatic heterocycles. The van der Waals surface area contributed by atoms with E-state index in [1.807, 2.05) is 0 Å². The van der Waals surface area contributed by atoms with Gasteiger partial charge < -0.3 is 4.74 Å². The van der Waals surface area contributed by atoms with Crippen molar-refractivity contribution in [2.24, 2.45) is 0 Å². The summed E-state index contributed by atoms with van der Waals surface area (Å²) in [4.78, 5) is 0.00285. The summed E-state index contributed by atoms with van der Waals surface area (Å²) in [5.41, 5.74) is 0.264. The number of hydrogen-bond acceptors (Lipinski definition) is 3. The van der Waals surface area contributed by atoms with E-state index in [1.165, 1.54) is 49.6 Å². The van der Waals surface area contributed by atoms with Gasteiger partial charge in [0.2, 0.25) is 0 Å². The average molecular weight is 316 g/mol. The zero-order valence-electron chi connectivity index (χ0n) is 10.4. The highest BCUT2D eigenvalue weighted by Gasteiger charge is 2.16. The molecule has 0 unspecified atom stereocenters. The Balaban J connectivity index is 2.33. The molecule has 0 spiro atoms. The van der Waals surface area contributed by atoms with Crippen molar-refractivity contribution in [3.05, 3.63) is 53.3 Å². The summed E-state index contributed by atoms with van der Waals surface area (Å²) in [6.07, 6.45) is 0. The topological polar surface area (TPSA) is 55.4 Å². The Morgan fingerprint density at radius 1 is 1.15 bits per heavy atom. The molecule has 0 amide bonds. The molecule has 7 heteroatoms. The highest BCUT2D eigenvalue weighted by atomic mass is 35.5. The minimum absolute atomic E-state index is 0.00285. The van der Waals surface area contributed by atoms with Gasteiger partial charge in [0.05, 0.1) is 17.0 Å². The van der Waals surface area contributed by atoms with Crippen molar-refractivity contribution in [3.8, 4) is 5.75 Å². The van der Waals surface area contributed by atoms with Gasteiger partial charge in [0.1, 0.15) is 11.6 Å². The summed E-state index contributed by atoms with van der Waals surface area (Å²) in [7, 11) is -2.39. The molecule has 1 N–H and O–H groups in total. The Morgan fingerprint density at radius 3 is 2.40 bits per heavy atom. The molecule has 2 aromatic rings. The van der Waals surface area contributed by atoms with Crippen LogP contribution in [0.5, 0.6) is 5.75 Å². The van der Waals surface area contributed by atoms with Crippen LogP contribution < -0.4 is 9.46 Å². The number of methoxy groups -OCH3 is 1. The van der Waals surface area contributed by atoms with Gasteiger partial charge in [-0.05, 0) is 36.4 Å². The SMILES string of the molecule is COc1cc(S(=O)(=O)Nc2ccc(F)cc2)ccc1Cl. The van der Waals surface area contributed by atoms with Gasteiger partial charge >= 0.3 is 0 Å². The number of sulfonamides is 1. The first kappa shape index (κ1) is 14.6. The van der Waals surface area contributed by atoms with Crippen molar-refractivity contribution >= 4 is 27.3 Å². The maximum absolute atomic E-state index is 12.8. The number of benzene rings is 2. The fraction of sp³-hybridized carbons (Fsp3) is 0.0769. The van der Waals surface area contributed by atoms with Crippen LogP contribution in [0.15, 0.2) is 47.4 Å². The summed E-state index contributed by atoms with van der Waals surface area (Å²) in [6.45, 7) is 0. The number of ether oxygens (including phenoxy) is 1. The number of nitrogens with one attached hydrogen (secondary N) is 1. The standard InChI is InChI=1S/C13H11ClFNO3S/c1-19-13-8-11(6-7-12(13)14)20(17,18)16-10-4-2-9(15)3-5-10/h2-8,16H,1H3. The van der Waals surface area contributed by atoms with Crippen LogP contribution in [0, 0.1) is 5.82 Å². The Bertz CT molecular complexity index is 717. The monoisotopic (exact) mass is 315 g/mol. The zero-order chi connectivity index (χ0) is 14.8. The van der Waals surface area contributed by atoms with E-state index in [0.29, 0.717) is 5.02 Å². The molecule has 0 aliphatic carbocycles. The molecule has 2 rings (SSSR count). The molecule has 0 heterocycles. The summed E-state index contributed by atoms with van der Waals surface area (Å²) in [6, 6.07) is 9.10. The first-order valence-corrected chi connectivity index (χ1v) is 7.40. The quantitative estimate of drug-likeness (QED) is 0.942. The molecule has 0 saturated heterocycles. The van der Waals surface area contributed by atoms with E-state index in [0.717, 1.165) is 0 Å². The van der Waals surface area contributed by atoms with Gasteiger partial charge in [-0.25, -0.2) is 12.8 Å². The molecule has 0 aliphatic rings. The first-order valence-electron chi connectivity index (χ1n) is 5.54. The van der Waals surface area contributed by atoms with E-state index >= 15 is 0 Å². The molecule has 0 bridgehead atoms. The third kappa shape index (κ3) is 3.20. The molecule has 20 heavy (non-hydrogen) atoms. The van der Waals surface area contributed by atoms with Gasteiger partial charge in [0.15, 0.2) is 0 Å². The van der Waals surface area contributed by atoms with Crippen LogP contribution in [0.4, 0.5) is 10.1 Å². The van der Waals surface area contributed by atoms with Crippen molar-refractivity contribution in [2.75, 3.05) is 11.8 Å². The van der Waals surface area contributed by atoms with Gasteiger partial charge in [-0.1, -0.05) is 11.6 Å². The van der Waals surface area contributed by atoms with E-state index in [2.05, 4.69) is 4.72 Å². The van der Waals surface area contributed by atoms with E-state index in [4.69, 9.17) is 16.3 Å². The second-order valence-electron chi connectivity index (χ2n) is 3.91. The second-order valence-corrected chi connectivity index (χ2v) is 6.00. The second kappa shape index (κ2) is 5.68. The molecular formula is C13H11ClFNO3S. The van der Waals surface area contributed by atoms with Crippen LogP contribution in [0.25, 0.3) is 0 Å². The highest BCUT2D eigenvalue weighted by molar-refractivity contribution is 7.92. The molecule has 0 aromatic heterocycles. The molecule has 4 nitrogen and oxygen atoms in total. The Labute approximate surface area is 121 Å². The first-order chi connectivity index (χ1) is 9.42. The molecule has 106 valence electrons. The third-order valence-electron chi connectivity index (χ3n) is 2.53. The van der Waals surface area contributed by atoms with E-state index in [9.17, 15) is 12.8 Å². The lowest BCUT2D eigenvalue weighted by molar-refractivity contribution is 0.413. The molecule has 0 radical (unpaired) electrons.